The molecule has 0 radical (unpaired) electrons. The third-order valence-electron chi connectivity index (χ3n) is 2.15. The second-order valence-corrected chi connectivity index (χ2v) is 4.39. The molecule has 1 aromatic rings. The van der Waals surface area contributed by atoms with Gasteiger partial charge in [-0.15, -0.1) is 11.3 Å². The van der Waals surface area contributed by atoms with E-state index in [1.54, 1.807) is 11.3 Å². The third kappa shape index (κ3) is 2.56. The first-order chi connectivity index (χ1) is 6.36. The van der Waals surface area contributed by atoms with Crippen LogP contribution in [0.5, 0.6) is 0 Å². The van der Waals surface area contributed by atoms with Crippen LogP contribution in [0.3, 0.4) is 0 Å². The molecule has 0 spiro atoms. The largest absolute Gasteiger partial charge is 0.395 e. The number of hydrogen-bond acceptors (Lipinski definition) is 3. The van der Waals surface area contributed by atoms with E-state index >= 15 is 0 Å². The van der Waals surface area contributed by atoms with Gasteiger partial charge in [0.2, 0.25) is 0 Å². The molecule has 70 valence electrons. The summed E-state index contributed by atoms with van der Waals surface area (Å²) in [6.07, 6.45) is 4.43. The molecular weight excluding hydrogens is 182 g/mol. The van der Waals surface area contributed by atoms with Crippen LogP contribution in [0.4, 0.5) is 0 Å². The Morgan fingerprint density at radius 1 is 1.69 bits per heavy atom. The fraction of sp³-hybridized carbons (Fsp3) is 0.500. The molecule has 0 aromatic carbocycles. The van der Waals surface area contributed by atoms with Gasteiger partial charge in [-0.05, 0) is 42.7 Å². The predicted octanol–water partition coefficient (Wildman–Crippen LogP) is 2.82. The minimum atomic E-state index is 0.779. The van der Waals surface area contributed by atoms with Crippen molar-refractivity contribution >= 4 is 17.6 Å². The molecule has 0 aliphatic heterocycles. The summed E-state index contributed by atoms with van der Waals surface area (Å²) in [6, 6.07) is 2.09. The van der Waals surface area contributed by atoms with Gasteiger partial charge in [-0.2, -0.15) is 0 Å². The Kier molecular flexibility index (Phi) is 2.64. The molecule has 1 aliphatic rings. The summed E-state index contributed by atoms with van der Waals surface area (Å²) in [7, 11) is 0. The van der Waals surface area contributed by atoms with E-state index in [0.717, 1.165) is 12.5 Å². The van der Waals surface area contributed by atoms with Gasteiger partial charge < -0.3 is 4.84 Å². The zero-order valence-corrected chi connectivity index (χ0v) is 8.51. The highest BCUT2D eigenvalue weighted by molar-refractivity contribution is 7.11. The SMILES string of the molecule is Cc1ccsc1/C=N/OCC1CC1. The highest BCUT2D eigenvalue weighted by Crippen LogP contribution is 2.28. The lowest BCUT2D eigenvalue weighted by molar-refractivity contribution is 0.135. The Hall–Kier alpha value is -0.830. The van der Waals surface area contributed by atoms with Gasteiger partial charge in [-0.3, -0.25) is 0 Å². The lowest BCUT2D eigenvalue weighted by atomic mass is 10.3. The van der Waals surface area contributed by atoms with Crippen molar-refractivity contribution in [1.29, 1.82) is 0 Å². The zero-order valence-electron chi connectivity index (χ0n) is 7.69. The van der Waals surface area contributed by atoms with Crippen molar-refractivity contribution < 1.29 is 4.84 Å². The van der Waals surface area contributed by atoms with E-state index in [0.29, 0.717) is 0 Å². The average Bonchev–Trinajstić information content (AvgIpc) is 2.86. The Morgan fingerprint density at radius 3 is 3.15 bits per heavy atom. The topological polar surface area (TPSA) is 21.6 Å². The predicted molar refractivity (Wildman–Crippen MR) is 55.3 cm³/mol. The van der Waals surface area contributed by atoms with Crippen LogP contribution in [0, 0.1) is 12.8 Å². The summed E-state index contributed by atoms with van der Waals surface area (Å²) in [5.74, 6) is 0.779. The minimum Gasteiger partial charge on any atom is -0.395 e. The van der Waals surface area contributed by atoms with Gasteiger partial charge >= 0.3 is 0 Å². The summed E-state index contributed by atoms with van der Waals surface area (Å²) in [4.78, 5) is 6.35. The van der Waals surface area contributed by atoms with E-state index in [1.165, 1.54) is 23.3 Å². The van der Waals surface area contributed by atoms with Gasteiger partial charge in [0, 0.05) is 0 Å². The molecule has 3 heteroatoms. The van der Waals surface area contributed by atoms with Crippen molar-refractivity contribution in [2.24, 2.45) is 11.1 Å². The van der Waals surface area contributed by atoms with Crippen LogP contribution in [0.1, 0.15) is 23.3 Å². The highest BCUT2D eigenvalue weighted by atomic mass is 32.1. The lowest BCUT2D eigenvalue weighted by Gasteiger charge is -1.94. The fourth-order valence-corrected chi connectivity index (χ4v) is 1.81. The van der Waals surface area contributed by atoms with Gasteiger partial charge in [-0.25, -0.2) is 0 Å². The van der Waals surface area contributed by atoms with E-state index in [1.807, 2.05) is 6.21 Å². The molecule has 0 unspecified atom stereocenters. The van der Waals surface area contributed by atoms with Gasteiger partial charge in [0.05, 0.1) is 11.1 Å². The Labute approximate surface area is 82.2 Å². The smallest absolute Gasteiger partial charge is 0.120 e. The zero-order chi connectivity index (χ0) is 9.10. The van der Waals surface area contributed by atoms with E-state index in [2.05, 4.69) is 23.5 Å². The van der Waals surface area contributed by atoms with Crippen molar-refractivity contribution in [2.45, 2.75) is 19.8 Å². The normalized spacial score (nSPS) is 16.7. The molecule has 0 N–H and O–H groups in total. The van der Waals surface area contributed by atoms with Gasteiger partial charge in [0.1, 0.15) is 6.61 Å². The number of thiophene rings is 1. The summed E-state index contributed by atoms with van der Waals surface area (Å²) in [5, 5.41) is 6.01. The standard InChI is InChI=1S/C10H13NOS/c1-8-4-5-13-10(8)6-11-12-7-9-2-3-9/h4-6,9H,2-3,7H2,1H3/b11-6+. The maximum Gasteiger partial charge on any atom is 0.120 e. The molecule has 1 heterocycles. The van der Waals surface area contributed by atoms with E-state index in [-0.39, 0.29) is 0 Å². The first-order valence-corrected chi connectivity index (χ1v) is 5.43. The molecule has 2 rings (SSSR count). The Bertz CT molecular complexity index is 302. The monoisotopic (exact) mass is 195 g/mol. The number of nitrogens with zero attached hydrogens (tertiary/aromatic N) is 1. The average molecular weight is 195 g/mol. The van der Waals surface area contributed by atoms with Crippen molar-refractivity contribution in [3.05, 3.63) is 21.9 Å². The van der Waals surface area contributed by atoms with Gasteiger partial charge in [-0.1, -0.05) is 5.16 Å². The fourth-order valence-electron chi connectivity index (χ4n) is 1.03. The van der Waals surface area contributed by atoms with Crippen LogP contribution in [0.15, 0.2) is 16.6 Å². The van der Waals surface area contributed by atoms with E-state index in [9.17, 15) is 0 Å². The summed E-state index contributed by atoms with van der Waals surface area (Å²) in [5.41, 5.74) is 1.27. The van der Waals surface area contributed by atoms with Crippen molar-refractivity contribution in [2.75, 3.05) is 6.61 Å². The minimum absolute atomic E-state index is 0.779. The molecule has 1 saturated carbocycles. The first kappa shape index (κ1) is 8.75. The number of oxime groups is 1. The molecule has 1 fully saturated rings. The van der Waals surface area contributed by atoms with Crippen molar-refractivity contribution in [3.63, 3.8) is 0 Å². The number of rotatable bonds is 4. The van der Waals surface area contributed by atoms with Crippen LogP contribution in [0.25, 0.3) is 0 Å². The van der Waals surface area contributed by atoms with Crippen LogP contribution in [-0.4, -0.2) is 12.8 Å². The molecule has 13 heavy (non-hydrogen) atoms. The second-order valence-electron chi connectivity index (χ2n) is 3.44. The highest BCUT2D eigenvalue weighted by Gasteiger charge is 2.21. The summed E-state index contributed by atoms with van der Waals surface area (Å²) >= 11 is 1.69. The molecule has 0 atom stereocenters. The quantitative estimate of drug-likeness (QED) is 0.534. The van der Waals surface area contributed by atoms with Crippen LogP contribution >= 0.6 is 11.3 Å². The summed E-state index contributed by atoms with van der Waals surface area (Å²) < 4.78 is 0. The second kappa shape index (κ2) is 3.92. The molecule has 1 aliphatic carbocycles. The maximum absolute atomic E-state index is 5.16. The Balaban J connectivity index is 1.79. The summed E-state index contributed by atoms with van der Waals surface area (Å²) in [6.45, 7) is 2.87. The molecular formula is C10H13NOS. The van der Waals surface area contributed by atoms with Gasteiger partial charge in [0.25, 0.3) is 0 Å². The number of hydrogen-bond donors (Lipinski definition) is 0. The van der Waals surface area contributed by atoms with E-state index in [4.69, 9.17) is 4.84 Å². The van der Waals surface area contributed by atoms with E-state index < -0.39 is 0 Å². The van der Waals surface area contributed by atoms with Crippen LogP contribution in [0.2, 0.25) is 0 Å². The third-order valence-corrected chi connectivity index (χ3v) is 3.11. The molecule has 0 bridgehead atoms. The molecule has 2 nitrogen and oxygen atoms in total. The van der Waals surface area contributed by atoms with Crippen molar-refractivity contribution in [1.82, 2.24) is 0 Å². The van der Waals surface area contributed by atoms with Crippen molar-refractivity contribution in [3.8, 4) is 0 Å². The van der Waals surface area contributed by atoms with Crippen LogP contribution in [-0.2, 0) is 4.84 Å². The number of aryl methyl sites for hydroxylation is 1. The molecule has 1 aromatic heterocycles. The van der Waals surface area contributed by atoms with Crippen LogP contribution < -0.4 is 0 Å². The molecule has 0 amide bonds. The lowest BCUT2D eigenvalue weighted by Crippen LogP contribution is -1.89. The molecule has 0 saturated heterocycles. The van der Waals surface area contributed by atoms with Gasteiger partial charge in [0.15, 0.2) is 0 Å². The first-order valence-electron chi connectivity index (χ1n) is 4.55. The maximum atomic E-state index is 5.16. The Morgan fingerprint density at radius 2 is 2.54 bits per heavy atom.